The number of ether oxygens (including phenoxy) is 2. The molecule has 0 unspecified atom stereocenters. The number of carbonyl (C=O) groups excluding carboxylic acids is 1. The molecule has 28 heavy (non-hydrogen) atoms. The largest absolute Gasteiger partial charge is 0.494 e. The summed E-state index contributed by atoms with van der Waals surface area (Å²) in [4.78, 5) is 20.7. The van der Waals surface area contributed by atoms with Gasteiger partial charge in [0.2, 0.25) is 11.1 Å². The first kappa shape index (κ1) is 19.9. The molecule has 8 nitrogen and oxygen atoms in total. The lowest BCUT2D eigenvalue weighted by Gasteiger charge is -2.08. The summed E-state index contributed by atoms with van der Waals surface area (Å²) >= 11 is 1.28. The van der Waals surface area contributed by atoms with Gasteiger partial charge in [-0.2, -0.15) is 4.98 Å². The van der Waals surface area contributed by atoms with Crippen LogP contribution in [-0.2, 0) is 4.79 Å². The molecule has 148 valence electrons. The van der Waals surface area contributed by atoms with E-state index in [9.17, 15) is 4.79 Å². The van der Waals surface area contributed by atoms with Crippen molar-refractivity contribution in [3.63, 3.8) is 0 Å². The van der Waals surface area contributed by atoms with Crippen LogP contribution in [0.2, 0.25) is 0 Å². The number of nitrogens with zero attached hydrogens (tertiary/aromatic N) is 4. The molecule has 2 heterocycles. The molecule has 0 spiro atoms. The van der Waals surface area contributed by atoms with Gasteiger partial charge in [-0.3, -0.25) is 4.79 Å². The van der Waals surface area contributed by atoms with Crippen molar-refractivity contribution in [2.45, 2.75) is 25.9 Å². The summed E-state index contributed by atoms with van der Waals surface area (Å²) in [5.74, 6) is 2.22. The Morgan fingerprint density at radius 3 is 2.57 bits per heavy atom. The van der Waals surface area contributed by atoms with Crippen LogP contribution in [0.1, 0.15) is 18.3 Å². The number of thioether (sulfide) groups is 1. The van der Waals surface area contributed by atoms with Gasteiger partial charge in [0.1, 0.15) is 18.1 Å². The van der Waals surface area contributed by atoms with E-state index in [0.717, 1.165) is 22.9 Å². The standard InChI is InChI=1S/C19H23N5O3S/c1-4-26-15-5-7-16(8-6-15)27-10-9-20-17(25)12-28-19-22-18-21-13(2)11-14(3)24(18)23-19/h5-8,11H,4,9-10,12H2,1-3H3,(H,20,25). The number of fused-ring (bicyclic) bond motifs is 1. The highest BCUT2D eigenvalue weighted by atomic mass is 32.2. The summed E-state index contributed by atoms with van der Waals surface area (Å²) in [6.07, 6.45) is 0. The van der Waals surface area contributed by atoms with Crippen LogP contribution in [-0.4, -0.2) is 51.0 Å². The van der Waals surface area contributed by atoms with Crippen LogP contribution in [0, 0.1) is 13.8 Å². The highest BCUT2D eigenvalue weighted by Gasteiger charge is 2.10. The number of hydrogen-bond donors (Lipinski definition) is 1. The molecule has 1 N–H and O–H groups in total. The number of aryl methyl sites for hydroxylation is 2. The Morgan fingerprint density at radius 2 is 1.86 bits per heavy atom. The third kappa shape index (κ3) is 5.35. The highest BCUT2D eigenvalue weighted by molar-refractivity contribution is 7.99. The Kier molecular flexibility index (Phi) is 6.70. The second-order valence-electron chi connectivity index (χ2n) is 6.04. The predicted molar refractivity (Wildman–Crippen MR) is 107 cm³/mol. The van der Waals surface area contributed by atoms with Gasteiger partial charge in [0.25, 0.3) is 5.78 Å². The molecule has 0 aliphatic carbocycles. The molecule has 0 saturated carbocycles. The average Bonchev–Trinajstić information content (AvgIpc) is 3.08. The molecule has 0 fully saturated rings. The quantitative estimate of drug-likeness (QED) is 0.435. The van der Waals surface area contributed by atoms with Crippen LogP contribution < -0.4 is 14.8 Å². The Bertz CT molecular complexity index is 943. The number of hydrogen-bond acceptors (Lipinski definition) is 7. The lowest BCUT2D eigenvalue weighted by atomic mass is 10.3. The maximum atomic E-state index is 12.0. The fourth-order valence-electron chi connectivity index (χ4n) is 2.55. The van der Waals surface area contributed by atoms with Gasteiger partial charge in [-0.05, 0) is 51.1 Å². The normalized spacial score (nSPS) is 10.8. The van der Waals surface area contributed by atoms with E-state index < -0.39 is 0 Å². The lowest BCUT2D eigenvalue weighted by molar-refractivity contribution is -0.118. The van der Waals surface area contributed by atoms with Gasteiger partial charge in [0.15, 0.2) is 0 Å². The minimum atomic E-state index is -0.0972. The van der Waals surface area contributed by atoms with E-state index in [4.69, 9.17) is 9.47 Å². The molecule has 0 saturated heterocycles. The van der Waals surface area contributed by atoms with E-state index in [1.54, 1.807) is 4.52 Å². The molecule has 3 rings (SSSR count). The van der Waals surface area contributed by atoms with E-state index in [1.807, 2.05) is 51.1 Å². The summed E-state index contributed by atoms with van der Waals surface area (Å²) in [5, 5.41) is 7.72. The van der Waals surface area contributed by atoms with Crippen molar-refractivity contribution in [3.05, 3.63) is 41.7 Å². The van der Waals surface area contributed by atoms with Crippen molar-refractivity contribution in [2.24, 2.45) is 0 Å². The number of aromatic nitrogens is 4. The second-order valence-corrected chi connectivity index (χ2v) is 6.98. The van der Waals surface area contributed by atoms with E-state index in [0.29, 0.717) is 30.7 Å². The Morgan fingerprint density at radius 1 is 1.14 bits per heavy atom. The summed E-state index contributed by atoms with van der Waals surface area (Å²) in [6, 6.07) is 9.33. The van der Waals surface area contributed by atoms with Crippen molar-refractivity contribution in [1.29, 1.82) is 0 Å². The van der Waals surface area contributed by atoms with Gasteiger partial charge in [0, 0.05) is 11.4 Å². The maximum Gasteiger partial charge on any atom is 0.253 e. The molecule has 0 atom stereocenters. The molecule has 0 aliphatic rings. The Balaban J connectivity index is 1.39. The molecule has 3 aromatic rings. The molecular formula is C19H23N5O3S. The van der Waals surface area contributed by atoms with Crippen molar-refractivity contribution in [3.8, 4) is 11.5 Å². The zero-order valence-electron chi connectivity index (χ0n) is 16.1. The van der Waals surface area contributed by atoms with Gasteiger partial charge < -0.3 is 14.8 Å². The maximum absolute atomic E-state index is 12.0. The number of nitrogens with one attached hydrogen (secondary N) is 1. The smallest absolute Gasteiger partial charge is 0.253 e. The van der Waals surface area contributed by atoms with Crippen LogP contribution in [0.15, 0.2) is 35.5 Å². The average molecular weight is 401 g/mol. The predicted octanol–water partition coefficient (Wildman–Crippen LogP) is 2.43. The van der Waals surface area contributed by atoms with Gasteiger partial charge in [-0.15, -0.1) is 5.10 Å². The molecule has 1 aromatic carbocycles. The van der Waals surface area contributed by atoms with Gasteiger partial charge in [0.05, 0.1) is 18.9 Å². The van der Waals surface area contributed by atoms with Crippen molar-refractivity contribution < 1.29 is 14.3 Å². The van der Waals surface area contributed by atoms with Crippen molar-refractivity contribution in [2.75, 3.05) is 25.5 Å². The fraction of sp³-hybridized carbons (Fsp3) is 0.368. The van der Waals surface area contributed by atoms with E-state index in [-0.39, 0.29) is 11.7 Å². The Hall–Kier alpha value is -2.81. The molecule has 9 heteroatoms. The van der Waals surface area contributed by atoms with Crippen LogP contribution in [0.3, 0.4) is 0 Å². The molecule has 0 radical (unpaired) electrons. The number of rotatable bonds is 9. The molecular weight excluding hydrogens is 378 g/mol. The van der Waals surface area contributed by atoms with E-state index in [1.165, 1.54) is 11.8 Å². The van der Waals surface area contributed by atoms with Crippen LogP contribution in [0.5, 0.6) is 11.5 Å². The molecule has 2 aromatic heterocycles. The van der Waals surface area contributed by atoms with Gasteiger partial charge >= 0.3 is 0 Å². The van der Waals surface area contributed by atoms with Crippen LogP contribution in [0.25, 0.3) is 5.78 Å². The summed E-state index contributed by atoms with van der Waals surface area (Å²) in [5.41, 5.74) is 1.84. The Labute approximate surface area is 167 Å². The first-order chi connectivity index (χ1) is 13.5. The van der Waals surface area contributed by atoms with Gasteiger partial charge in [-0.25, -0.2) is 9.50 Å². The minimum absolute atomic E-state index is 0.0972. The number of benzene rings is 1. The number of amides is 1. The van der Waals surface area contributed by atoms with Gasteiger partial charge in [-0.1, -0.05) is 11.8 Å². The van der Waals surface area contributed by atoms with Crippen LogP contribution in [0.4, 0.5) is 0 Å². The zero-order chi connectivity index (χ0) is 19.9. The van der Waals surface area contributed by atoms with Crippen LogP contribution >= 0.6 is 11.8 Å². The molecule has 0 aliphatic heterocycles. The SMILES string of the molecule is CCOc1ccc(OCCNC(=O)CSc2nc3nc(C)cc(C)n3n2)cc1. The topological polar surface area (TPSA) is 90.6 Å². The second kappa shape index (κ2) is 9.41. The number of carbonyl (C=O) groups is 1. The van der Waals surface area contributed by atoms with E-state index >= 15 is 0 Å². The molecule has 0 bridgehead atoms. The first-order valence-corrected chi connectivity index (χ1v) is 10.00. The zero-order valence-corrected chi connectivity index (χ0v) is 17.0. The van der Waals surface area contributed by atoms with E-state index in [2.05, 4.69) is 20.4 Å². The minimum Gasteiger partial charge on any atom is -0.494 e. The highest BCUT2D eigenvalue weighted by Crippen LogP contribution is 2.17. The summed E-state index contributed by atoms with van der Waals surface area (Å²) < 4.78 is 12.7. The van der Waals surface area contributed by atoms with Crippen molar-refractivity contribution >= 4 is 23.4 Å². The van der Waals surface area contributed by atoms with Crippen molar-refractivity contribution in [1.82, 2.24) is 24.9 Å². The molecule has 1 amide bonds. The monoisotopic (exact) mass is 401 g/mol. The summed E-state index contributed by atoms with van der Waals surface area (Å²) in [7, 11) is 0. The first-order valence-electron chi connectivity index (χ1n) is 9.01. The lowest BCUT2D eigenvalue weighted by Crippen LogP contribution is -2.29. The third-order valence-corrected chi connectivity index (χ3v) is 4.60. The fourth-order valence-corrected chi connectivity index (χ4v) is 3.20. The summed E-state index contributed by atoms with van der Waals surface area (Å²) in [6.45, 7) is 7.24. The third-order valence-electron chi connectivity index (χ3n) is 3.76.